The molecule has 3 nitrogen and oxygen atoms in total. The summed E-state index contributed by atoms with van der Waals surface area (Å²) in [5.74, 6) is 0. The average molecular weight is 220 g/mol. The SMILES string of the molecule is C[C@@]1(CCOCc2ccccc2)O[C@H]1C=O. The summed E-state index contributed by atoms with van der Waals surface area (Å²) in [6.07, 6.45) is 1.40. The Morgan fingerprint density at radius 1 is 1.44 bits per heavy atom. The number of benzene rings is 1. The highest BCUT2D eigenvalue weighted by Gasteiger charge is 2.51. The van der Waals surface area contributed by atoms with Crippen LogP contribution in [0.3, 0.4) is 0 Å². The molecule has 0 spiro atoms. The summed E-state index contributed by atoms with van der Waals surface area (Å²) in [6.45, 7) is 3.18. The Morgan fingerprint density at radius 2 is 2.19 bits per heavy atom. The standard InChI is InChI=1S/C13H16O3/c1-13(12(9-14)16-13)7-8-15-10-11-5-3-2-4-6-11/h2-6,9,12H,7-8,10H2,1H3/t12-,13-/m0/s1. The van der Waals surface area contributed by atoms with Crippen LogP contribution in [0, 0.1) is 0 Å². The van der Waals surface area contributed by atoms with Crippen LogP contribution in [0.15, 0.2) is 30.3 Å². The molecule has 3 heteroatoms. The Labute approximate surface area is 95.4 Å². The second kappa shape index (κ2) is 4.76. The first-order chi connectivity index (χ1) is 7.74. The lowest BCUT2D eigenvalue weighted by atomic mass is 10.1. The van der Waals surface area contributed by atoms with E-state index in [0.29, 0.717) is 13.2 Å². The van der Waals surface area contributed by atoms with Gasteiger partial charge in [-0.2, -0.15) is 0 Å². The van der Waals surface area contributed by atoms with Crippen LogP contribution in [0.5, 0.6) is 0 Å². The van der Waals surface area contributed by atoms with Gasteiger partial charge in [0.15, 0.2) is 6.29 Å². The fourth-order valence-corrected chi connectivity index (χ4v) is 1.67. The monoisotopic (exact) mass is 220 g/mol. The molecule has 2 atom stereocenters. The second-order valence-corrected chi connectivity index (χ2v) is 4.28. The topological polar surface area (TPSA) is 38.8 Å². The molecular formula is C13H16O3. The van der Waals surface area contributed by atoms with Crippen molar-refractivity contribution in [1.29, 1.82) is 0 Å². The molecule has 0 unspecified atom stereocenters. The lowest BCUT2D eigenvalue weighted by Gasteiger charge is -2.06. The number of hydrogen-bond acceptors (Lipinski definition) is 3. The van der Waals surface area contributed by atoms with Crippen LogP contribution in [0.25, 0.3) is 0 Å². The van der Waals surface area contributed by atoms with E-state index in [2.05, 4.69) is 0 Å². The van der Waals surface area contributed by atoms with Gasteiger partial charge in [-0.25, -0.2) is 0 Å². The van der Waals surface area contributed by atoms with E-state index in [0.717, 1.165) is 18.3 Å². The Hall–Kier alpha value is -1.19. The molecule has 0 aliphatic carbocycles. The van der Waals surface area contributed by atoms with Crippen molar-refractivity contribution in [2.75, 3.05) is 6.61 Å². The van der Waals surface area contributed by atoms with Gasteiger partial charge in [0.25, 0.3) is 0 Å². The molecule has 2 rings (SSSR count). The van der Waals surface area contributed by atoms with Gasteiger partial charge in [0, 0.05) is 13.0 Å². The molecule has 1 heterocycles. The Bertz CT molecular complexity index is 349. The predicted octanol–water partition coefficient (Wildman–Crippen LogP) is 1.95. The van der Waals surface area contributed by atoms with E-state index in [1.54, 1.807) is 0 Å². The third kappa shape index (κ3) is 2.68. The fourth-order valence-electron chi connectivity index (χ4n) is 1.67. The molecule has 0 radical (unpaired) electrons. The molecule has 1 aliphatic heterocycles. The number of rotatable bonds is 6. The van der Waals surface area contributed by atoms with Gasteiger partial charge in [-0.05, 0) is 12.5 Å². The van der Waals surface area contributed by atoms with Crippen LogP contribution >= 0.6 is 0 Å². The van der Waals surface area contributed by atoms with Crippen molar-refractivity contribution in [3.05, 3.63) is 35.9 Å². The Kier molecular flexibility index (Phi) is 3.36. The zero-order chi connectivity index (χ0) is 11.4. The molecule has 1 fully saturated rings. The lowest BCUT2D eigenvalue weighted by Crippen LogP contribution is -2.14. The maximum Gasteiger partial charge on any atom is 0.151 e. The summed E-state index contributed by atoms with van der Waals surface area (Å²) in [7, 11) is 0. The lowest BCUT2D eigenvalue weighted by molar-refractivity contribution is -0.108. The zero-order valence-electron chi connectivity index (χ0n) is 9.39. The molecule has 1 saturated heterocycles. The van der Waals surface area contributed by atoms with Crippen LogP contribution in [-0.2, 0) is 20.9 Å². The third-order valence-electron chi connectivity index (χ3n) is 2.92. The highest BCUT2D eigenvalue weighted by Crippen LogP contribution is 2.37. The molecule has 1 aliphatic rings. The number of aldehydes is 1. The van der Waals surface area contributed by atoms with Gasteiger partial charge in [-0.15, -0.1) is 0 Å². The molecule has 16 heavy (non-hydrogen) atoms. The summed E-state index contributed by atoms with van der Waals surface area (Å²) in [5.41, 5.74) is 0.884. The quantitative estimate of drug-likeness (QED) is 0.418. The van der Waals surface area contributed by atoms with Crippen LogP contribution in [0.2, 0.25) is 0 Å². The molecule has 0 N–H and O–H groups in total. The molecule has 1 aromatic carbocycles. The van der Waals surface area contributed by atoms with Gasteiger partial charge >= 0.3 is 0 Å². The van der Waals surface area contributed by atoms with Gasteiger partial charge in [-0.1, -0.05) is 30.3 Å². The molecule has 1 aromatic rings. The number of carbonyl (C=O) groups excluding carboxylic acids is 1. The molecule has 0 bridgehead atoms. The van der Waals surface area contributed by atoms with Crippen molar-refractivity contribution in [2.24, 2.45) is 0 Å². The molecule has 0 amide bonds. The normalized spacial score (nSPS) is 27.7. The van der Waals surface area contributed by atoms with Gasteiger partial charge in [0.1, 0.15) is 11.7 Å². The Balaban J connectivity index is 1.65. The van der Waals surface area contributed by atoms with Crippen molar-refractivity contribution in [2.45, 2.75) is 31.7 Å². The molecule has 86 valence electrons. The first-order valence-corrected chi connectivity index (χ1v) is 5.49. The van der Waals surface area contributed by atoms with E-state index >= 15 is 0 Å². The van der Waals surface area contributed by atoms with Crippen LogP contribution in [0.1, 0.15) is 18.9 Å². The van der Waals surface area contributed by atoms with Crippen LogP contribution in [0.4, 0.5) is 0 Å². The summed E-state index contributed by atoms with van der Waals surface area (Å²) in [5, 5.41) is 0. The minimum absolute atomic E-state index is 0.229. The second-order valence-electron chi connectivity index (χ2n) is 4.28. The summed E-state index contributed by atoms with van der Waals surface area (Å²) in [6, 6.07) is 10.0. The number of epoxide rings is 1. The van der Waals surface area contributed by atoms with Gasteiger partial charge in [-0.3, -0.25) is 0 Å². The van der Waals surface area contributed by atoms with Crippen molar-refractivity contribution >= 4 is 6.29 Å². The highest BCUT2D eigenvalue weighted by atomic mass is 16.6. The van der Waals surface area contributed by atoms with Gasteiger partial charge in [0.2, 0.25) is 0 Å². The molecule has 0 saturated carbocycles. The van der Waals surface area contributed by atoms with Gasteiger partial charge < -0.3 is 14.3 Å². The van der Waals surface area contributed by atoms with Crippen molar-refractivity contribution < 1.29 is 14.3 Å². The summed E-state index contributed by atoms with van der Waals surface area (Å²) >= 11 is 0. The van der Waals surface area contributed by atoms with E-state index in [9.17, 15) is 4.79 Å². The van der Waals surface area contributed by atoms with Crippen LogP contribution < -0.4 is 0 Å². The fraction of sp³-hybridized carbons (Fsp3) is 0.462. The average Bonchev–Trinajstić information content (AvgIpc) is 2.98. The van der Waals surface area contributed by atoms with Crippen molar-refractivity contribution in [1.82, 2.24) is 0 Å². The molecule has 0 aromatic heterocycles. The van der Waals surface area contributed by atoms with Gasteiger partial charge in [0.05, 0.1) is 6.61 Å². The van der Waals surface area contributed by atoms with E-state index in [1.165, 1.54) is 0 Å². The van der Waals surface area contributed by atoms with E-state index < -0.39 is 0 Å². The minimum atomic E-state index is -0.279. The largest absolute Gasteiger partial charge is 0.377 e. The van der Waals surface area contributed by atoms with Crippen molar-refractivity contribution in [3.63, 3.8) is 0 Å². The maximum absolute atomic E-state index is 10.5. The van der Waals surface area contributed by atoms with Crippen molar-refractivity contribution in [3.8, 4) is 0 Å². The number of carbonyl (C=O) groups is 1. The molecular weight excluding hydrogens is 204 g/mol. The predicted molar refractivity (Wildman–Crippen MR) is 60.1 cm³/mol. The smallest absolute Gasteiger partial charge is 0.151 e. The summed E-state index contributed by atoms with van der Waals surface area (Å²) < 4.78 is 10.8. The Morgan fingerprint density at radius 3 is 2.81 bits per heavy atom. The first-order valence-electron chi connectivity index (χ1n) is 5.49. The van der Waals surface area contributed by atoms with E-state index in [1.807, 2.05) is 37.3 Å². The summed E-state index contributed by atoms with van der Waals surface area (Å²) in [4.78, 5) is 10.5. The number of hydrogen-bond donors (Lipinski definition) is 0. The first kappa shape index (κ1) is 11.3. The van der Waals surface area contributed by atoms with E-state index in [4.69, 9.17) is 9.47 Å². The zero-order valence-corrected chi connectivity index (χ0v) is 9.39. The third-order valence-corrected chi connectivity index (χ3v) is 2.92. The van der Waals surface area contributed by atoms with E-state index in [-0.39, 0.29) is 11.7 Å². The minimum Gasteiger partial charge on any atom is -0.377 e. The number of ether oxygens (including phenoxy) is 2. The van der Waals surface area contributed by atoms with Crippen LogP contribution in [-0.4, -0.2) is 24.6 Å². The maximum atomic E-state index is 10.5. The highest BCUT2D eigenvalue weighted by molar-refractivity contribution is 5.62.